The monoisotopic (exact) mass is 448 g/mol. The molecule has 1 saturated heterocycles. The molecule has 7 nitrogen and oxygen atoms in total. The molecule has 1 aromatic carbocycles. The average molecular weight is 449 g/mol. The number of amides is 1. The molecule has 1 aliphatic rings. The lowest BCUT2D eigenvalue weighted by atomic mass is 10.1. The van der Waals surface area contributed by atoms with E-state index in [1.165, 1.54) is 0 Å². The Labute approximate surface area is 187 Å². The van der Waals surface area contributed by atoms with Gasteiger partial charge in [0.25, 0.3) is 5.91 Å². The number of halogens is 1. The van der Waals surface area contributed by atoms with Crippen molar-refractivity contribution in [2.45, 2.75) is 46.3 Å². The smallest absolute Gasteiger partial charge is 0.355 e. The minimum absolute atomic E-state index is 0.00330. The molecule has 2 heterocycles. The molecule has 1 N–H and O–H groups in total. The van der Waals surface area contributed by atoms with E-state index in [4.69, 9.17) is 25.8 Å². The van der Waals surface area contributed by atoms with Crippen LogP contribution in [0, 0.1) is 13.8 Å². The molecule has 1 atom stereocenters. The van der Waals surface area contributed by atoms with Crippen LogP contribution in [-0.2, 0) is 20.8 Å². The van der Waals surface area contributed by atoms with E-state index in [0.717, 1.165) is 29.7 Å². The maximum absolute atomic E-state index is 13.1. The largest absolute Gasteiger partial charge is 0.484 e. The lowest BCUT2D eigenvalue weighted by Crippen LogP contribution is -2.39. The van der Waals surface area contributed by atoms with E-state index in [-0.39, 0.29) is 18.6 Å². The average Bonchev–Trinajstić information content (AvgIpc) is 3.36. The summed E-state index contributed by atoms with van der Waals surface area (Å²) in [5.41, 5.74) is 2.96. The number of nitrogens with zero attached hydrogens (tertiary/aromatic N) is 1. The fourth-order valence-electron chi connectivity index (χ4n) is 3.68. The number of rotatable bonds is 9. The summed E-state index contributed by atoms with van der Waals surface area (Å²) < 4.78 is 16.6. The number of H-pyrrole nitrogens is 1. The lowest BCUT2D eigenvalue weighted by Gasteiger charge is -2.26. The third-order valence-corrected chi connectivity index (χ3v) is 5.65. The van der Waals surface area contributed by atoms with Crippen molar-refractivity contribution in [1.82, 2.24) is 9.88 Å². The van der Waals surface area contributed by atoms with Gasteiger partial charge in [0.1, 0.15) is 11.4 Å². The van der Waals surface area contributed by atoms with E-state index in [0.29, 0.717) is 42.8 Å². The zero-order chi connectivity index (χ0) is 22.4. The van der Waals surface area contributed by atoms with Crippen LogP contribution in [0.25, 0.3) is 0 Å². The Balaban J connectivity index is 1.74. The van der Waals surface area contributed by atoms with Gasteiger partial charge in [-0.15, -0.1) is 0 Å². The van der Waals surface area contributed by atoms with Crippen molar-refractivity contribution in [3.63, 3.8) is 0 Å². The Morgan fingerprint density at radius 2 is 2.00 bits per heavy atom. The predicted octanol–water partition coefficient (Wildman–Crippen LogP) is 4.05. The highest BCUT2D eigenvalue weighted by Crippen LogP contribution is 2.23. The maximum atomic E-state index is 13.1. The van der Waals surface area contributed by atoms with Crippen LogP contribution in [-0.4, -0.2) is 54.2 Å². The van der Waals surface area contributed by atoms with Gasteiger partial charge in [-0.05, 0) is 69.0 Å². The molecule has 0 aliphatic carbocycles. The Hall–Kier alpha value is -2.51. The molecule has 1 aliphatic heterocycles. The van der Waals surface area contributed by atoms with E-state index in [1.807, 2.05) is 13.8 Å². The Morgan fingerprint density at radius 3 is 2.65 bits per heavy atom. The van der Waals surface area contributed by atoms with E-state index in [2.05, 4.69) is 4.98 Å². The van der Waals surface area contributed by atoms with Crippen molar-refractivity contribution >= 4 is 23.5 Å². The second-order valence-electron chi connectivity index (χ2n) is 7.60. The number of esters is 1. The molecule has 31 heavy (non-hydrogen) atoms. The Morgan fingerprint density at radius 1 is 1.26 bits per heavy atom. The van der Waals surface area contributed by atoms with Crippen LogP contribution in [0.5, 0.6) is 5.75 Å². The summed E-state index contributed by atoms with van der Waals surface area (Å²) in [6.45, 7) is 7.28. The second kappa shape index (κ2) is 10.7. The Bertz CT molecular complexity index is 903. The first kappa shape index (κ1) is 23.2. The first-order chi connectivity index (χ1) is 14.9. The number of carbonyl (C=O) groups excluding carboxylic acids is 2. The molecule has 1 amide bonds. The number of hydrogen-bond acceptors (Lipinski definition) is 5. The zero-order valence-corrected chi connectivity index (χ0v) is 19.0. The van der Waals surface area contributed by atoms with E-state index in [9.17, 15) is 9.59 Å². The predicted molar refractivity (Wildman–Crippen MR) is 118 cm³/mol. The van der Waals surface area contributed by atoms with Crippen LogP contribution >= 0.6 is 11.6 Å². The maximum Gasteiger partial charge on any atom is 0.355 e. The number of ether oxygens (including phenoxy) is 3. The molecule has 1 unspecified atom stereocenters. The molecule has 1 fully saturated rings. The molecular weight excluding hydrogens is 420 g/mol. The number of aromatic amines is 1. The fraction of sp³-hybridized carbons (Fsp3) is 0.478. The molecule has 3 rings (SSSR count). The second-order valence-corrected chi connectivity index (χ2v) is 8.04. The minimum Gasteiger partial charge on any atom is -0.484 e. The van der Waals surface area contributed by atoms with Crippen molar-refractivity contribution in [3.8, 4) is 5.75 Å². The third kappa shape index (κ3) is 6.02. The number of aromatic nitrogens is 1. The molecule has 0 radical (unpaired) electrons. The molecule has 2 aromatic rings. The molecule has 1 aromatic heterocycles. The Kier molecular flexibility index (Phi) is 7.98. The van der Waals surface area contributed by atoms with Crippen LogP contribution in [0.15, 0.2) is 24.3 Å². The van der Waals surface area contributed by atoms with Gasteiger partial charge in [-0.25, -0.2) is 4.79 Å². The highest BCUT2D eigenvalue weighted by atomic mass is 35.5. The zero-order valence-electron chi connectivity index (χ0n) is 18.2. The van der Waals surface area contributed by atoms with Crippen LogP contribution in [0.1, 0.15) is 47.1 Å². The van der Waals surface area contributed by atoms with Crippen molar-refractivity contribution in [2.24, 2.45) is 0 Å². The van der Waals surface area contributed by atoms with E-state index in [1.54, 1.807) is 36.1 Å². The molecule has 0 spiro atoms. The number of carbonyl (C=O) groups is 2. The summed E-state index contributed by atoms with van der Waals surface area (Å²) in [4.78, 5) is 30.1. The molecular formula is C23H29ClN2O5. The van der Waals surface area contributed by atoms with Gasteiger partial charge in [-0.3, -0.25) is 4.79 Å². The summed E-state index contributed by atoms with van der Waals surface area (Å²) in [7, 11) is 0. The van der Waals surface area contributed by atoms with Crippen LogP contribution in [0.3, 0.4) is 0 Å². The van der Waals surface area contributed by atoms with Gasteiger partial charge in [0, 0.05) is 30.4 Å². The van der Waals surface area contributed by atoms with Crippen LogP contribution < -0.4 is 4.74 Å². The summed E-state index contributed by atoms with van der Waals surface area (Å²) in [6.07, 6.45) is 1.91. The van der Waals surface area contributed by atoms with Gasteiger partial charge in [0.2, 0.25) is 0 Å². The summed E-state index contributed by atoms with van der Waals surface area (Å²) >= 11 is 5.90. The standard InChI is InChI=1S/C23H29ClN2O5/c1-4-29-23(28)22-15(2)20(16(3)25-22)13-26(12-19-6-5-11-30-19)21(27)14-31-18-9-7-17(24)8-10-18/h7-10,19,25H,4-6,11-14H2,1-3H3. The van der Waals surface area contributed by atoms with Gasteiger partial charge >= 0.3 is 5.97 Å². The van der Waals surface area contributed by atoms with Gasteiger partial charge in [0.05, 0.1) is 12.7 Å². The van der Waals surface area contributed by atoms with Gasteiger partial charge in [0.15, 0.2) is 6.61 Å². The highest BCUT2D eigenvalue weighted by molar-refractivity contribution is 6.30. The first-order valence-corrected chi connectivity index (χ1v) is 10.9. The highest BCUT2D eigenvalue weighted by Gasteiger charge is 2.26. The summed E-state index contributed by atoms with van der Waals surface area (Å²) in [6, 6.07) is 6.89. The van der Waals surface area contributed by atoms with Crippen LogP contribution in [0.4, 0.5) is 0 Å². The number of aryl methyl sites for hydroxylation is 1. The van der Waals surface area contributed by atoms with Crippen molar-refractivity contribution in [1.29, 1.82) is 0 Å². The van der Waals surface area contributed by atoms with Gasteiger partial charge in [-0.2, -0.15) is 0 Å². The number of hydrogen-bond donors (Lipinski definition) is 1. The summed E-state index contributed by atoms with van der Waals surface area (Å²) in [5, 5.41) is 0.606. The van der Waals surface area contributed by atoms with E-state index >= 15 is 0 Å². The minimum atomic E-state index is -0.391. The quantitative estimate of drug-likeness (QED) is 0.585. The fourth-order valence-corrected chi connectivity index (χ4v) is 3.81. The lowest BCUT2D eigenvalue weighted by molar-refractivity contribution is -0.135. The van der Waals surface area contributed by atoms with Crippen molar-refractivity contribution in [2.75, 3.05) is 26.4 Å². The van der Waals surface area contributed by atoms with Crippen molar-refractivity contribution in [3.05, 3.63) is 51.8 Å². The van der Waals surface area contributed by atoms with Gasteiger partial charge < -0.3 is 24.1 Å². The molecule has 168 valence electrons. The topological polar surface area (TPSA) is 80.9 Å². The first-order valence-electron chi connectivity index (χ1n) is 10.5. The molecule has 0 saturated carbocycles. The normalized spacial score (nSPS) is 15.7. The number of benzene rings is 1. The number of nitrogens with one attached hydrogen (secondary N) is 1. The van der Waals surface area contributed by atoms with Gasteiger partial charge in [-0.1, -0.05) is 11.6 Å². The summed E-state index contributed by atoms with van der Waals surface area (Å²) in [5.74, 6) is 0.0361. The third-order valence-electron chi connectivity index (χ3n) is 5.40. The van der Waals surface area contributed by atoms with E-state index < -0.39 is 5.97 Å². The SMILES string of the molecule is CCOC(=O)c1[nH]c(C)c(CN(CC2CCCO2)C(=O)COc2ccc(Cl)cc2)c1C. The van der Waals surface area contributed by atoms with Crippen molar-refractivity contribution < 1.29 is 23.8 Å². The van der Waals surface area contributed by atoms with Crippen LogP contribution in [0.2, 0.25) is 5.02 Å². The molecule has 0 bridgehead atoms. The molecule has 8 heteroatoms.